The molecule has 1 aromatic carbocycles. The van der Waals surface area contributed by atoms with E-state index in [2.05, 4.69) is 41.9 Å². The van der Waals surface area contributed by atoms with E-state index in [0.717, 1.165) is 36.1 Å². The van der Waals surface area contributed by atoms with Crippen LogP contribution in [0.25, 0.3) is 10.9 Å². The van der Waals surface area contributed by atoms with Crippen molar-refractivity contribution >= 4 is 16.6 Å². The fourth-order valence-corrected chi connectivity index (χ4v) is 2.38. The van der Waals surface area contributed by atoms with E-state index in [1.54, 1.807) is 0 Å². The minimum Gasteiger partial charge on any atom is -0.369 e. The molecule has 0 aliphatic carbocycles. The molecule has 0 spiro atoms. The molecular weight excluding hydrogens is 248 g/mol. The lowest BCUT2D eigenvalue weighted by atomic mass is 9.92. The normalized spacial score (nSPS) is 11.8. The smallest absolute Gasteiger partial charge is 0.0950 e. The summed E-state index contributed by atoms with van der Waals surface area (Å²) in [5.74, 6) is 0. The van der Waals surface area contributed by atoms with Crippen LogP contribution in [-0.4, -0.2) is 29.8 Å². The van der Waals surface area contributed by atoms with Crippen molar-refractivity contribution in [3.63, 3.8) is 0 Å². The molecule has 4 nitrogen and oxygen atoms in total. The number of anilines is 1. The van der Waals surface area contributed by atoms with Crippen molar-refractivity contribution in [2.75, 3.05) is 24.5 Å². The molecule has 2 aromatic rings. The molecule has 0 saturated carbocycles. The van der Waals surface area contributed by atoms with Gasteiger partial charge in [-0.1, -0.05) is 39.0 Å². The molecule has 0 unspecified atom stereocenters. The van der Waals surface area contributed by atoms with Crippen LogP contribution >= 0.6 is 0 Å². The molecule has 0 aliphatic rings. The molecule has 0 aliphatic heterocycles. The summed E-state index contributed by atoms with van der Waals surface area (Å²) in [6, 6.07) is 8.15. The Hall–Kier alpha value is -1.68. The molecule has 0 fully saturated rings. The minimum absolute atomic E-state index is 0.0829. The van der Waals surface area contributed by atoms with E-state index in [0.29, 0.717) is 6.54 Å². The maximum atomic E-state index is 5.89. The summed E-state index contributed by atoms with van der Waals surface area (Å²) in [5, 5.41) is 9.50. The van der Waals surface area contributed by atoms with Crippen molar-refractivity contribution in [2.45, 2.75) is 27.2 Å². The van der Waals surface area contributed by atoms with Crippen molar-refractivity contribution in [3.8, 4) is 0 Å². The zero-order valence-corrected chi connectivity index (χ0v) is 12.6. The topological polar surface area (TPSA) is 55.0 Å². The molecule has 2 rings (SSSR count). The Kier molecular flexibility index (Phi) is 4.55. The lowest BCUT2D eigenvalue weighted by molar-refractivity contribution is 0.378. The molecular formula is C16H24N4. The van der Waals surface area contributed by atoms with Gasteiger partial charge in [-0.2, -0.15) is 10.2 Å². The number of benzene rings is 1. The predicted molar refractivity (Wildman–Crippen MR) is 84.9 cm³/mol. The summed E-state index contributed by atoms with van der Waals surface area (Å²) in [6.45, 7) is 9.19. The van der Waals surface area contributed by atoms with Gasteiger partial charge in [-0.05, 0) is 24.4 Å². The van der Waals surface area contributed by atoms with Crippen LogP contribution in [0.15, 0.2) is 30.5 Å². The van der Waals surface area contributed by atoms with Gasteiger partial charge < -0.3 is 10.6 Å². The number of nitrogens with zero attached hydrogens (tertiary/aromatic N) is 3. The van der Waals surface area contributed by atoms with Crippen molar-refractivity contribution < 1.29 is 0 Å². The predicted octanol–water partition coefficient (Wildman–Crippen LogP) is 2.83. The monoisotopic (exact) mass is 272 g/mol. The summed E-state index contributed by atoms with van der Waals surface area (Å²) < 4.78 is 0. The van der Waals surface area contributed by atoms with Gasteiger partial charge in [-0.3, -0.25) is 0 Å². The molecule has 4 heteroatoms. The lowest BCUT2D eigenvalue weighted by Crippen LogP contribution is -2.39. The van der Waals surface area contributed by atoms with Crippen molar-refractivity contribution in [1.29, 1.82) is 0 Å². The maximum absolute atomic E-state index is 5.89. The number of hydrogen-bond donors (Lipinski definition) is 1. The Morgan fingerprint density at radius 1 is 1.25 bits per heavy atom. The Balaban J connectivity index is 2.41. The van der Waals surface area contributed by atoms with Gasteiger partial charge in [0.05, 0.1) is 17.4 Å². The van der Waals surface area contributed by atoms with E-state index in [9.17, 15) is 0 Å². The third kappa shape index (κ3) is 3.25. The highest BCUT2D eigenvalue weighted by Gasteiger charge is 2.21. The molecule has 0 atom stereocenters. The van der Waals surface area contributed by atoms with E-state index in [1.807, 2.05) is 24.4 Å². The molecule has 108 valence electrons. The third-order valence-corrected chi connectivity index (χ3v) is 3.53. The highest BCUT2D eigenvalue weighted by Crippen LogP contribution is 2.27. The van der Waals surface area contributed by atoms with Crippen molar-refractivity contribution in [2.24, 2.45) is 11.1 Å². The van der Waals surface area contributed by atoms with Crippen LogP contribution in [0, 0.1) is 5.41 Å². The van der Waals surface area contributed by atoms with Crippen LogP contribution in [0.3, 0.4) is 0 Å². The number of hydrogen-bond acceptors (Lipinski definition) is 4. The fourth-order valence-electron chi connectivity index (χ4n) is 2.38. The van der Waals surface area contributed by atoms with Crippen LogP contribution in [0.4, 0.5) is 5.69 Å². The lowest BCUT2D eigenvalue weighted by Gasteiger charge is -2.33. The zero-order chi connectivity index (χ0) is 14.6. The SMILES string of the molecule is CCCN(CC(C)(C)CN)c1cnnc2ccccc12. The first-order chi connectivity index (χ1) is 9.57. The molecule has 1 heterocycles. The number of rotatable bonds is 6. The molecule has 20 heavy (non-hydrogen) atoms. The minimum atomic E-state index is 0.0829. The summed E-state index contributed by atoms with van der Waals surface area (Å²) in [4.78, 5) is 2.38. The van der Waals surface area contributed by atoms with Gasteiger partial charge >= 0.3 is 0 Å². The average Bonchev–Trinajstić information content (AvgIpc) is 2.46. The molecule has 1 aromatic heterocycles. The van der Waals surface area contributed by atoms with Crippen molar-refractivity contribution in [3.05, 3.63) is 30.5 Å². The summed E-state index contributed by atoms with van der Waals surface area (Å²) >= 11 is 0. The van der Waals surface area contributed by atoms with Crippen LogP contribution in [0.5, 0.6) is 0 Å². The van der Waals surface area contributed by atoms with Gasteiger partial charge in [-0.25, -0.2) is 0 Å². The Morgan fingerprint density at radius 2 is 2.00 bits per heavy atom. The summed E-state index contributed by atoms with van der Waals surface area (Å²) in [7, 11) is 0. The summed E-state index contributed by atoms with van der Waals surface area (Å²) in [6.07, 6.45) is 2.96. The number of nitrogens with two attached hydrogens (primary N) is 1. The number of aromatic nitrogens is 2. The largest absolute Gasteiger partial charge is 0.369 e. The van der Waals surface area contributed by atoms with Gasteiger partial charge in [0.25, 0.3) is 0 Å². The van der Waals surface area contributed by atoms with Gasteiger partial charge in [0.1, 0.15) is 0 Å². The van der Waals surface area contributed by atoms with Crippen molar-refractivity contribution in [1.82, 2.24) is 10.2 Å². The van der Waals surface area contributed by atoms with Crippen LogP contribution in [0.1, 0.15) is 27.2 Å². The second-order valence-corrected chi connectivity index (χ2v) is 6.04. The summed E-state index contributed by atoms with van der Waals surface area (Å²) in [5.41, 5.74) is 8.06. The van der Waals surface area contributed by atoms with Crippen LogP contribution in [0.2, 0.25) is 0 Å². The zero-order valence-electron chi connectivity index (χ0n) is 12.6. The fraction of sp³-hybridized carbons (Fsp3) is 0.500. The quantitative estimate of drug-likeness (QED) is 0.878. The van der Waals surface area contributed by atoms with Crippen LogP contribution in [-0.2, 0) is 0 Å². The van der Waals surface area contributed by atoms with E-state index in [1.165, 1.54) is 0 Å². The maximum Gasteiger partial charge on any atom is 0.0950 e. The van der Waals surface area contributed by atoms with E-state index in [4.69, 9.17) is 5.73 Å². The first kappa shape index (κ1) is 14.7. The van der Waals surface area contributed by atoms with Gasteiger partial charge in [0, 0.05) is 18.5 Å². The third-order valence-electron chi connectivity index (χ3n) is 3.53. The van der Waals surface area contributed by atoms with Gasteiger partial charge in [0.2, 0.25) is 0 Å². The van der Waals surface area contributed by atoms with Crippen LogP contribution < -0.4 is 10.6 Å². The van der Waals surface area contributed by atoms with E-state index < -0.39 is 0 Å². The first-order valence-corrected chi connectivity index (χ1v) is 7.23. The highest BCUT2D eigenvalue weighted by atomic mass is 15.2. The Morgan fingerprint density at radius 3 is 2.70 bits per heavy atom. The van der Waals surface area contributed by atoms with E-state index in [-0.39, 0.29) is 5.41 Å². The van der Waals surface area contributed by atoms with Gasteiger partial charge in [-0.15, -0.1) is 0 Å². The highest BCUT2D eigenvalue weighted by molar-refractivity contribution is 5.90. The van der Waals surface area contributed by atoms with Gasteiger partial charge in [0.15, 0.2) is 0 Å². The molecule has 0 amide bonds. The average molecular weight is 272 g/mol. The molecule has 2 N–H and O–H groups in total. The molecule has 0 bridgehead atoms. The second-order valence-electron chi connectivity index (χ2n) is 6.04. The standard InChI is InChI=1S/C16H24N4/c1-4-9-20(12-16(2,3)11-17)15-10-18-19-14-8-6-5-7-13(14)15/h5-8,10H,4,9,11-12,17H2,1-3H3. The first-order valence-electron chi connectivity index (χ1n) is 7.23. The Labute approximate surface area is 121 Å². The van der Waals surface area contributed by atoms with E-state index >= 15 is 0 Å². The second kappa shape index (κ2) is 6.18. The number of fused-ring (bicyclic) bond motifs is 1. The molecule has 0 radical (unpaired) electrons. The molecule has 0 saturated heterocycles. The Bertz CT molecular complexity index is 560.